The van der Waals surface area contributed by atoms with Crippen LogP contribution in [0.15, 0.2) is 36.7 Å². The van der Waals surface area contributed by atoms with Gasteiger partial charge in [0.25, 0.3) is 0 Å². The zero-order valence-corrected chi connectivity index (χ0v) is 12.5. The van der Waals surface area contributed by atoms with Gasteiger partial charge in [0.05, 0.1) is 18.5 Å². The van der Waals surface area contributed by atoms with Gasteiger partial charge in [-0.15, -0.1) is 0 Å². The molecule has 1 saturated heterocycles. The second kappa shape index (κ2) is 6.29. The molecule has 0 radical (unpaired) electrons. The summed E-state index contributed by atoms with van der Waals surface area (Å²) >= 11 is 0. The lowest BCUT2D eigenvalue weighted by Gasteiger charge is -2.30. The molecule has 6 heteroatoms. The number of carboxylic acids is 1. The summed E-state index contributed by atoms with van der Waals surface area (Å²) in [5.74, 6) is -0.902. The van der Waals surface area contributed by atoms with Crippen molar-refractivity contribution in [2.45, 2.75) is 19.6 Å². The third kappa shape index (κ3) is 3.18. The summed E-state index contributed by atoms with van der Waals surface area (Å²) in [4.78, 5) is 13.1. The van der Waals surface area contributed by atoms with Gasteiger partial charge in [0.1, 0.15) is 0 Å². The van der Waals surface area contributed by atoms with E-state index in [0.29, 0.717) is 19.7 Å². The van der Waals surface area contributed by atoms with Gasteiger partial charge in [-0.1, -0.05) is 18.2 Å². The number of aliphatic carboxylic acids is 1. The van der Waals surface area contributed by atoms with Gasteiger partial charge in [-0.3, -0.25) is 4.90 Å². The van der Waals surface area contributed by atoms with Gasteiger partial charge < -0.3 is 9.84 Å². The minimum atomic E-state index is -0.902. The average Bonchev–Trinajstić information content (AvgIpc) is 2.96. The van der Waals surface area contributed by atoms with Crippen molar-refractivity contribution in [1.29, 1.82) is 0 Å². The van der Waals surface area contributed by atoms with Gasteiger partial charge in [0.15, 0.2) is 6.10 Å². The van der Waals surface area contributed by atoms with Crippen molar-refractivity contribution in [3.05, 3.63) is 47.8 Å². The number of ether oxygens (including phenoxy) is 1. The van der Waals surface area contributed by atoms with Crippen molar-refractivity contribution < 1.29 is 14.6 Å². The van der Waals surface area contributed by atoms with Crippen LogP contribution in [0, 0.1) is 6.92 Å². The molecule has 3 rings (SSSR count). The summed E-state index contributed by atoms with van der Waals surface area (Å²) in [5, 5.41) is 13.4. The van der Waals surface area contributed by atoms with Crippen LogP contribution in [0.2, 0.25) is 0 Å². The molecule has 1 fully saturated rings. The number of aryl methyl sites for hydroxylation is 1. The first-order valence-corrected chi connectivity index (χ1v) is 7.30. The van der Waals surface area contributed by atoms with Crippen LogP contribution in [0.1, 0.15) is 11.1 Å². The van der Waals surface area contributed by atoms with Crippen LogP contribution in [0.3, 0.4) is 0 Å². The first-order chi connectivity index (χ1) is 10.6. The van der Waals surface area contributed by atoms with Crippen molar-refractivity contribution in [1.82, 2.24) is 14.7 Å². The molecular formula is C16H19N3O3. The highest BCUT2D eigenvalue weighted by atomic mass is 16.5. The number of morpholine rings is 1. The van der Waals surface area contributed by atoms with Crippen LogP contribution >= 0.6 is 0 Å². The van der Waals surface area contributed by atoms with Crippen LogP contribution in [0.4, 0.5) is 0 Å². The molecular weight excluding hydrogens is 282 g/mol. The minimum Gasteiger partial charge on any atom is -0.479 e. The fraction of sp³-hybridized carbons (Fsp3) is 0.375. The quantitative estimate of drug-likeness (QED) is 0.926. The Morgan fingerprint density at radius 2 is 2.27 bits per heavy atom. The molecule has 1 atom stereocenters. The third-order valence-electron chi connectivity index (χ3n) is 3.83. The Morgan fingerprint density at radius 3 is 3.05 bits per heavy atom. The van der Waals surface area contributed by atoms with E-state index in [1.807, 2.05) is 35.3 Å². The van der Waals surface area contributed by atoms with Crippen LogP contribution in [-0.4, -0.2) is 51.6 Å². The second-order valence-electron chi connectivity index (χ2n) is 5.51. The molecule has 22 heavy (non-hydrogen) atoms. The van der Waals surface area contributed by atoms with Gasteiger partial charge in [0, 0.05) is 31.4 Å². The molecule has 2 aromatic rings. The molecule has 0 bridgehead atoms. The highest BCUT2D eigenvalue weighted by molar-refractivity contribution is 5.72. The maximum atomic E-state index is 11.0. The average molecular weight is 301 g/mol. The first kappa shape index (κ1) is 14.7. The lowest BCUT2D eigenvalue weighted by molar-refractivity contribution is -0.156. The van der Waals surface area contributed by atoms with Crippen LogP contribution in [-0.2, 0) is 16.1 Å². The van der Waals surface area contributed by atoms with Crippen molar-refractivity contribution in [2.24, 2.45) is 0 Å². The standard InChI is InChI=1S/C16H19N3O3/c1-12-4-2-3-5-14(12)19-10-13(8-17-19)9-18-6-7-22-15(11-18)16(20)21/h2-5,8,10,15H,6-7,9,11H2,1H3,(H,20,21). The van der Waals surface area contributed by atoms with Crippen LogP contribution in [0.25, 0.3) is 5.69 Å². The number of carboxylic acid groups (broad SMARTS) is 1. The van der Waals surface area contributed by atoms with Crippen molar-refractivity contribution in [2.75, 3.05) is 19.7 Å². The van der Waals surface area contributed by atoms with E-state index in [-0.39, 0.29) is 0 Å². The molecule has 0 saturated carbocycles. The summed E-state index contributed by atoms with van der Waals surface area (Å²) in [6.07, 6.45) is 3.09. The number of nitrogens with zero attached hydrogens (tertiary/aromatic N) is 3. The number of hydrogen-bond acceptors (Lipinski definition) is 4. The predicted octanol–water partition coefficient (Wildman–Crippen LogP) is 1.47. The summed E-state index contributed by atoms with van der Waals surface area (Å²) in [5.41, 5.74) is 3.28. The van der Waals surface area contributed by atoms with E-state index >= 15 is 0 Å². The van der Waals surface area contributed by atoms with E-state index in [1.165, 1.54) is 0 Å². The molecule has 116 valence electrons. The maximum Gasteiger partial charge on any atom is 0.334 e. The Balaban J connectivity index is 1.70. The summed E-state index contributed by atoms with van der Waals surface area (Å²) in [6, 6.07) is 8.07. The van der Waals surface area contributed by atoms with Crippen LogP contribution < -0.4 is 0 Å². The molecule has 1 aromatic carbocycles. The number of benzene rings is 1. The molecule has 6 nitrogen and oxygen atoms in total. The largest absolute Gasteiger partial charge is 0.479 e. The molecule has 0 amide bonds. The number of carbonyl (C=O) groups is 1. The summed E-state index contributed by atoms with van der Waals surface area (Å²) in [7, 11) is 0. The molecule has 1 aliphatic rings. The third-order valence-corrected chi connectivity index (χ3v) is 3.83. The normalized spacial score (nSPS) is 19.2. The van der Waals surface area contributed by atoms with E-state index in [9.17, 15) is 4.79 Å². The molecule has 2 heterocycles. The first-order valence-electron chi connectivity index (χ1n) is 7.30. The van der Waals surface area contributed by atoms with Gasteiger partial charge in [-0.2, -0.15) is 5.10 Å². The molecule has 0 spiro atoms. The van der Waals surface area contributed by atoms with E-state index < -0.39 is 12.1 Å². The molecule has 0 aliphatic carbocycles. The zero-order valence-electron chi connectivity index (χ0n) is 12.5. The lowest BCUT2D eigenvalue weighted by atomic mass is 10.2. The fourth-order valence-corrected chi connectivity index (χ4v) is 2.65. The maximum absolute atomic E-state index is 11.0. The second-order valence-corrected chi connectivity index (χ2v) is 5.51. The highest BCUT2D eigenvalue weighted by Gasteiger charge is 2.26. The number of aromatic nitrogens is 2. The fourth-order valence-electron chi connectivity index (χ4n) is 2.65. The zero-order chi connectivity index (χ0) is 15.5. The Hall–Kier alpha value is -2.18. The SMILES string of the molecule is Cc1ccccc1-n1cc(CN2CCOC(C(=O)O)C2)cn1. The molecule has 1 N–H and O–H groups in total. The Morgan fingerprint density at radius 1 is 1.45 bits per heavy atom. The topological polar surface area (TPSA) is 67.6 Å². The van der Waals surface area contributed by atoms with Crippen molar-refractivity contribution >= 4 is 5.97 Å². The van der Waals surface area contributed by atoms with Gasteiger partial charge in [-0.05, 0) is 18.6 Å². The highest BCUT2D eigenvalue weighted by Crippen LogP contribution is 2.15. The Kier molecular flexibility index (Phi) is 4.22. The van der Waals surface area contributed by atoms with E-state index in [0.717, 1.165) is 23.4 Å². The Labute approximate surface area is 128 Å². The molecule has 1 aromatic heterocycles. The van der Waals surface area contributed by atoms with Crippen molar-refractivity contribution in [3.63, 3.8) is 0 Å². The van der Waals surface area contributed by atoms with E-state index in [4.69, 9.17) is 9.84 Å². The van der Waals surface area contributed by atoms with Crippen molar-refractivity contribution in [3.8, 4) is 5.69 Å². The number of para-hydroxylation sites is 1. The Bertz CT molecular complexity index is 668. The molecule has 1 aliphatic heterocycles. The van der Waals surface area contributed by atoms with Crippen LogP contribution in [0.5, 0.6) is 0 Å². The lowest BCUT2D eigenvalue weighted by Crippen LogP contribution is -2.45. The number of hydrogen-bond donors (Lipinski definition) is 1. The summed E-state index contributed by atoms with van der Waals surface area (Å²) in [6.45, 7) is 4.32. The van der Waals surface area contributed by atoms with Gasteiger partial charge in [0.2, 0.25) is 0 Å². The monoisotopic (exact) mass is 301 g/mol. The number of rotatable bonds is 4. The van der Waals surface area contributed by atoms with E-state index in [2.05, 4.69) is 23.0 Å². The smallest absolute Gasteiger partial charge is 0.334 e. The molecule has 1 unspecified atom stereocenters. The van der Waals surface area contributed by atoms with Gasteiger partial charge in [-0.25, -0.2) is 9.48 Å². The minimum absolute atomic E-state index is 0.408. The summed E-state index contributed by atoms with van der Waals surface area (Å²) < 4.78 is 7.10. The van der Waals surface area contributed by atoms with E-state index in [1.54, 1.807) is 0 Å². The van der Waals surface area contributed by atoms with Gasteiger partial charge >= 0.3 is 5.97 Å². The predicted molar refractivity (Wildman–Crippen MR) is 81.0 cm³/mol.